The number of aliphatic carboxylic acids is 1. The van der Waals surface area contributed by atoms with Crippen LogP contribution in [0.15, 0.2) is 0 Å². The number of urea groups is 1. The molecule has 3 N–H and O–H groups in total. The van der Waals surface area contributed by atoms with E-state index in [9.17, 15) is 9.59 Å². The van der Waals surface area contributed by atoms with E-state index in [4.69, 9.17) is 9.84 Å². The van der Waals surface area contributed by atoms with Crippen molar-refractivity contribution < 1.29 is 24.3 Å². The molecule has 0 aliphatic rings. The lowest BCUT2D eigenvalue weighted by atomic mass is 10.2. The average Bonchev–Trinajstić information content (AvgIpc) is 2.14. The van der Waals surface area contributed by atoms with E-state index < -0.39 is 18.6 Å². The molecule has 7 heteroatoms. The molecule has 0 heterocycles. The van der Waals surface area contributed by atoms with E-state index in [-0.39, 0.29) is 6.04 Å². The summed E-state index contributed by atoms with van der Waals surface area (Å²) in [6, 6.07) is -0.641. The Morgan fingerprint density at radius 1 is 1.47 bits per heavy atom. The molecule has 0 aromatic carbocycles. The van der Waals surface area contributed by atoms with Crippen molar-refractivity contribution in [3.63, 3.8) is 0 Å². The Balaban J connectivity index is 3.50. The van der Waals surface area contributed by atoms with E-state index >= 15 is 0 Å². The first-order valence-electron chi connectivity index (χ1n) is 4.45. The molecule has 0 aliphatic heterocycles. The summed E-state index contributed by atoms with van der Waals surface area (Å²) in [5, 5.41) is 10.8. The SMILES string of the molecule is COCCC(C)NC(=O)NOCC(=O)O. The van der Waals surface area contributed by atoms with Gasteiger partial charge in [0.25, 0.3) is 0 Å². The zero-order valence-corrected chi connectivity index (χ0v) is 8.78. The normalized spacial score (nSPS) is 11.9. The maximum atomic E-state index is 11.0. The van der Waals surface area contributed by atoms with Gasteiger partial charge in [0.1, 0.15) is 0 Å². The van der Waals surface area contributed by atoms with Gasteiger partial charge in [-0.2, -0.15) is 0 Å². The lowest BCUT2D eigenvalue weighted by Gasteiger charge is -2.13. The van der Waals surface area contributed by atoms with E-state index in [1.807, 2.05) is 5.48 Å². The van der Waals surface area contributed by atoms with E-state index in [1.54, 1.807) is 14.0 Å². The van der Waals surface area contributed by atoms with Gasteiger partial charge in [-0.1, -0.05) is 0 Å². The maximum Gasteiger partial charge on any atom is 0.338 e. The molecule has 0 spiro atoms. The van der Waals surface area contributed by atoms with E-state index in [0.29, 0.717) is 13.0 Å². The molecular weight excluding hydrogens is 204 g/mol. The van der Waals surface area contributed by atoms with Crippen LogP contribution < -0.4 is 10.8 Å². The predicted octanol–water partition coefficient (Wildman–Crippen LogP) is -0.273. The maximum absolute atomic E-state index is 11.0. The van der Waals surface area contributed by atoms with Gasteiger partial charge in [-0.15, -0.1) is 0 Å². The highest BCUT2D eigenvalue weighted by Crippen LogP contribution is 1.89. The fourth-order valence-electron chi connectivity index (χ4n) is 0.783. The van der Waals surface area contributed by atoms with Crippen molar-refractivity contribution in [2.45, 2.75) is 19.4 Å². The molecule has 0 fully saturated rings. The quantitative estimate of drug-likeness (QED) is 0.513. The Hall–Kier alpha value is -1.34. The van der Waals surface area contributed by atoms with E-state index in [0.717, 1.165) is 0 Å². The van der Waals surface area contributed by atoms with Gasteiger partial charge in [0, 0.05) is 19.8 Å². The molecular formula is C8H16N2O5. The number of carbonyl (C=O) groups excluding carboxylic acids is 1. The highest BCUT2D eigenvalue weighted by atomic mass is 16.7. The largest absolute Gasteiger partial charge is 0.479 e. The molecule has 0 bridgehead atoms. The third kappa shape index (κ3) is 8.98. The molecule has 7 nitrogen and oxygen atoms in total. The zero-order chi connectivity index (χ0) is 11.7. The standard InChI is InChI=1S/C8H16N2O5/c1-6(3-4-14-2)9-8(13)10-15-5-7(11)12/h6H,3-5H2,1-2H3,(H,11,12)(H2,9,10,13). The van der Waals surface area contributed by atoms with Crippen LogP contribution in [0.4, 0.5) is 4.79 Å². The summed E-state index contributed by atoms with van der Waals surface area (Å²) in [5.74, 6) is -1.15. The van der Waals surface area contributed by atoms with Crippen LogP contribution in [0.5, 0.6) is 0 Å². The summed E-state index contributed by atoms with van der Waals surface area (Å²) in [6.45, 7) is 1.77. The van der Waals surface area contributed by atoms with Crippen molar-refractivity contribution in [3.05, 3.63) is 0 Å². The number of rotatable bonds is 7. The molecule has 1 atom stereocenters. The van der Waals surface area contributed by atoms with Crippen LogP contribution >= 0.6 is 0 Å². The first-order chi connectivity index (χ1) is 7.06. The summed E-state index contributed by atoms with van der Waals surface area (Å²) in [6.07, 6.45) is 0.669. The monoisotopic (exact) mass is 220 g/mol. The Bertz CT molecular complexity index is 209. The van der Waals surface area contributed by atoms with Gasteiger partial charge in [0.15, 0.2) is 6.61 Å². The lowest BCUT2D eigenvalue weighted by Crippen LogP contribution is -2.41. The number of hydrogen-bond acceptors (Lipinski definition) is 4. The van der Waals surface area contributed by atoms with Crippen LogP contribution in [0.25, 0.3) is 0 Å². The molecule has 0 aliphatic carbocycles. The number of carboxylic acids is 1. The van der Waals surface area contributed by atoms with Crippen LogP contribution in [0, 0.1) is 0 Å². The van der Waals surface area contributed by atoms with Gasteiger partial charge in [-0.3, -0.25) is 4.84 Å². The van der Waals surface area contributed by atoms with Gasteiger partial charge in [-0.25, -0.2) is 15.1 Å². The number of ether oxygens (including phenoxy) is 1. The predicted molar refractivity (Wildman–Crippen MR) is 51.2 cm³/mol. The second kappa shape index (κ2) is 8.01. The second-order valence-corrected chi connectivity index (χ2v) is 2.94. The van der Waals surface area contributed by atoms with Gasteiger partial charge >= 0.3 is 12.0 Å². The van der Waals surface area contributed by atoms with Gasteiger partial charge in [0.05, 0.1) is 0 Å². The minimum Gasteiger partial charge on any atom is -0.479 e. The summed E-state index contributed by atoms with van der Waals surface area (Å²) in [5.41, 5.74) is 1.95. The Labute approximate surface area is 87.7 Å². The summed E-state index contributed by atoms with van der Waals surface area (Å²) in [7, 11) is 1.57. The van der Waals surface area contributed by atoms with Crippen LogP contribution in [0.3, 0.4) is 0 Å². The average molecular weight is 220 g/mol. The molecule has 0 aromatic rings. The number of carbonyl (C=O) groups is 2. The fraction of sp³-hybridized carbons (Fsp3) is 0.750. The smallest absolute Gasteiger partial charge is 0.338 e. The minimum absolute atomic E-state index is 0.0709. The fourth-order valence-corrected chi connectivity index (χ4v) is 0.783. The number of hydroxylamine groups is 1. The Kier molecular flexibility index (Phi) is 7.29. The molecule has 2 amide bonds. The van der Waals surface area contributed by atoms with Crippen molar-refractivity contribution in [2.24, 2.45) is 0 Å². The van der Waals surface area contributed by atoms with Crippen LogP contribution in [-0.2, 0) is 14.4 Å². The number of methoxy groups -OCH3 is 1. The number of hydrogen-bond donors (Lipinski definition) is 3. The van der Waals surface area contributed by atoms with Crippen molar-refractivity contribution in [3.8, 4) is 0 Å². The lowest BCUT2D eigenvalue weighted by molar-refractivity contribution is -0.144. The highest BCUT2D eigenvalue weighted by molar-refractivity contribution is 5.73. The third-order valence-corrected chi connectivity index (χ3v) is 1.49. The van der Waals surface area contributed by atoms with E-state index in [2.05, 4.69) is 10.2 Å². The van der Waals surface area contributed by atoms with Crippen molar-refractivity contribution in [2.75, 3.05) is 20.3 Å². The first-order valence-corrected chi connectivity index (χ1v) is 4.45. The number of nitrogens with one attached hydrogen (secondary N) is 2. The number of carboxylic acid groups (broad SMARTS) is 1. The first kappa shape index (κ1) is 13.7. The molecule has 15 heavy (non-hydrogen) atoms. The molecule has 0 aromatic heterocycles. The molecule has 0 radical (unpaired) electrons. The molecule has 1 unspecified atom stereocenters. The molecule has 88 valence electrons. The Morgan fingerprint density at radius 3 is 2.67 bits per heavy atom. The van der Waals surface area contributed by atoms with Crippen LogP contribution in [-0.4, -0.2) is 43.5 Å². The van der Waals surface area contributed by atoms with Gasteiger partial charge in [0.2, 0.25) is 0 Å². The van der Waals surface area contributed by atoms with Crippen molar-refractivity contribution in [1.82, 2.24) is 10.8 Å². The van der Waals surface area contributed by atoms with Crippen LogP contribution in [0.2, 0.25) is 0 Å². The van der Waals surface area contributed by atoms with Gasteiger partial charge < -0.3 is 15.2 Å². The summed E-state index contributed by atoms with van der Waals surface area (Å²) < 4.78 is 4.83. The molecule has 0 rings (SSSR count). The highest BCUT2D eigenvalue weighted by Gasteiger charge is 2.07. The number of amides is 2. The molecule has 0 saturated carbocycles. The third-order valence-electron chi connectivity index (χ3n) is 1.49. The topological polar surface area (TPSA) is 96.9 Å². The van der Waals surface area contributed by atoms with E-state index in [1.165, 1.54) is 0 Å². The van der Waals surface area contributed by atoms with Gasteiger partial charge in [-0.05, 0) is 13.3 Å². The van der Waals surface area contributed by atoms with Crippen molar-refractivity contribution in [1.29, 1.82) is 0 Å². The Morgan fingerprint density at radius 2 is 2.13 bits per heavy atom. The minimum atomic E-state index is -1.15. The molecule has 0 saturated heterocycles. The summed E-state index contributed by atoms with van der Waals surface area (Å²) in [4.78, 5) is 25.4. The van der Waals surface area contributed by atoms with Crippen molar-refractivity contribution >= 4 is 12.0 Å². The van der Waals surface area contributed by atoms with Crippen LogP contribution in [0.1, 0.15) is 13.3 Å². The summed E-state index contributed by atoms with van der Waals surface area (Å²) >= 11 is 0. The second-order valence-electron chi connectivity index (χ2n) is 2.94. The zero-order valence-electron chi connectivity index (χ0n) is 8.78.